The van der Waals surface area contributed by atoms with Gasteiger partial charge in [0, 0.05) is 5.92 Å². The zero-order valence-corrected chi connectivity index (χ0v) is 8.84. The van der Waals surface area contributed by atoms with Gasteiger partial charge in [0.1, 0.15) is 0 Å². The number of aliphatic hydroxyl groups excluding tert-OH is 1. The maximum atomic E-state index is 9.01. The molecule has 2 heteroatoms. The molecule has 1 saturated carbocycles. The van der Waals surface area contributed by atoms with Gasteiger partial charge in [-0.2, -0.15) is 5.26 Å². The third kappa shape index (κ3) is 5.19. The Hall–Kier alpha value is -1.33. The smallest absolute Gasteiger partial charge is 0.0655 e. The molecule has 0 atom stereocenters. The van der Waals surface area contributed by atoms with Crippen molar-refractivity contribution < 1.29 is 5.11 Å². The van der Waals surface area contributed by atoms with Crippen molar-refractivity contribution >= 4 is 0 Å². The lowest BCUT2D eigenvalue weighted by atomic mass is 9.89. The maximum Gasteiger partial charge on any atom is 0.0655 e. The molecular formula is C13H17NO. The van der Waals surface area contributed by atoms with Crippen LogP contribution < -0.4 is 0 Å². The SMILES string of the molecule is N#CC1CCC(O)CC1.c1ccccc1. The van der Waals surface area contributed by atoms with Gasteiger partial charge in [0.2, 0.25) is 0 Å². The van der Waals surface area contributed by atoms with Crippen molar-refractivity contribution in [2.75, 3.05) is 0 Å². The standard InChI is InChI=1S/C7H11NO.C6H6/c8-5-6-1-3-7(9)4-2-6;1-2-4-6-5-3-1/h6-7,9H,1-4H2;1-6H. The Kier molecular flexibility index (Phi) is 5.50. The highest BCUT2D eigenvalue weighted by atomic mass is 16.3. The molecule has 0 unspecified atom stereocenters. The molecule has 0 heterocycles. The highest BCUT2D eigenvalue weighted by molar-refractivity contribution is 4.99. The molecule has 0 saturated heterocycles. The lowest BCUT2D eigenvalue weighted by Gasteiger charge is -2.19. The van der Waals surface area contributed by atoms with Crippen molar-refractivity contribution in [3.8, 4) is 6.07 Å². The molecule has 1 fully saturated rings. The molecule has 1 aliphatic rings. The normalized spacial score (nSPS) is 24.5. The molecule has 0 amide bonds. The number of hydrogen-bond acceptors (Lipinski definition) is 2. The van der Waals surface area contributed by atoms with Gasteiger partial charge in [-0.1, -0.05) is 36.4 Å². The predicted octanol–water partition coefficient (Wildman–Crippen LogP) is 2.75. The molecule has 1 aromatic rings. The number of rotatable bonds is 0. The van der Waals surface area contributed by atoms with E-state index in [2.05, 4.69) is 6.07 Å². The number of benzene rings is 1. The van der Waals surface area contributed by atoms with Gasteiger partial charge in [-0.3, -0.25) is 0 Å². The molecule has 0 aliphatic heterocycles. The maximum absolute atomic E-state index is 9.01. The molecule has 0 aromatic heterocycles. The third-order valence-corrected chi connectivity index (χ3v) is 2.55. The summed E-state index contributed by atoms with van der Waals surface area (Å²) < 4.78 is 0. The summed E-state index contributed by atoms with van der Waals surface area (Å²) >= 11 is 0. The van der Waals surface area contributed by atoms with E-state index in [1.54, 1.807) is 0 Å². The molecule has 1 N–H and O–H groups in total. The average Bonchev–Trinajstić information content (AvgIpc) is 2.33. The molecule has 0 radical (unpaired) electrons. The van der Waals surface area contributed by atoms with Crippen LogP contribution >= 0.6 is 0 Å². The fourth-order valence-corrected chi connectivity index (χ4v) is 1.59. The first kappa shape index (κ1) is 11.7. The van der Waals surface area contributed by atoms with Crippen molar-refractivity contribution in [2.45, 2.75) is 31.8 Å². The number of aliphatic hydroxyl groups is 1. The van der Waals surface area contributed by atoms with Crippen molar-refractivity contribution in [1.29, 1.82) is 5.26 Å². The van der Waals surface area contributed by atoms with Crippen LogP contribution in [0.3, 0.4) is 0 Å². The summed E-state index contributed by atoms with van der Waals surface area (Å²) in [5.41, 5.74) is 0. The largest absolute Gasteiger partial charge is 0.393 e. The summed E-state index contributed by atoms with van der Waals surface area (Å²) in [5, 5.41) is 17.5. The molecule has 1 aromatic carbocycles. The van der Waals surface area contributed by atoms with E-state index in [1.165, 1.54) is 0 Å². The van der Waals surface area contributed by atoms with Crippen LogP contribution in [-0.4, -0.2) is 11.2 Å². The molecular weight excluding hydrogens is 186 g/mol. The van der Waals surface area contributed by atoms with Gasteiger partial charge in [-0.05, 0) is 25.7 Å². The fraction of sp³-hybridized carbons (Fsp3) is 0.462. The second kappa shape index (κ2) is 7.03. The second-order valence-corrected chi connectivity index (χ2v) is 3.79. The summed E-state index contributed by atoms with van der Waals surface area (Å²) in [6, 6.07) is 14.2. The quantitative estimate of drug-likeness (QED) is 0.704. The Morgan fingerprint density at radius 1 is 0.867 bits per heavy atom. The van der Waals surface area contributed by atoms with Crippen LogP contribution in [0.25, 0.3) is 0 Å². The molecule has 2 nitrogen and oxygen atoms in total. The Labute approximate surface area is 91.2 Å². The van der Waals surface area contributed by atoms with Gasteiger partial charge in [0.05, 0.1) is 12.2 Å². The zero-order valence-electron chi connectivity index (χ0n) is 8.84. The minimum atomic E-state index is -0.130. The van der Waals surface area contributed by atoms with Crippen molar-refractivity contribution in [1.82, 2.24) is 0 Å². The first-order valence-corrected chi connectivity index (χ1v) is 5.40. The van der Waals surface area contributed by atoms with Crippen molar-refractivity contribution in [3.63, 3.8) is 0 Å². The Bertz CT molecular complexity index is 256. The van der Waals surface area contributed by atoms with Crippen LogP contribution in [0.5, 0.6) is 0 Å². The molecule has 80 valence electrons. The summed E-state index contributed by atoms with van der Waals surface area (Å²) in [6.45, 7) is 0. The van der Waals surface area contributed by atoms with E-state index in [0.717, 1.165) is 25.7 Å². The third-order valence-electron chi connectivity index (χ3n) is 2.55. The zero-order chi connectivity index (χ0) is 10.9. The highest BCUT2D eigenvalue weighted by Gasteiger charge is 2.17. The van der Waals surface area contributed by atoms with Gasteiger partial charge in [0.25, 0.3) is 0 Å². The van der Waals surface area contributed by atoms with E-state index >= 15 is 0 Å². The Balaban J connectivity index is 0.000000162. The van der Waals surface area contributed by atoms with Crippen LogP contribution in [-0.2, 0) is 0 Å². The van der Waals surface area contributed by atoms with E-state index in [0.29, 0.717) is 0 Å². The molecule has 2 rings (SSSR count). The van der Waals surface area contributed by atoms with Gasteiger partial charge in [-0.25, -0.2) is 0 Å². The molecule has 15 heavy (non-hydrogen) atoms. The lowest BCUT2D eigenvalue weighted by Crippen LogP contribution is -2.16. The lowest BCUT2D eigenvalue weighted by molar-refractivity contribution is 0.119. The van der Waals surface area contributed by atoms with E-state index in [1.807, 2.05) is 36.4 Å². The van der Waals surface area contributed by atoms with Crippen molar-refractivity contribution in [3.05, 3.63) is 36.4 Å². The molecule has 0 bridgehead atoms. The predicted molar refractivity (Wildman–Crippen MR) is 60.0 cm³/mol. The average molecular weight is 203 g/mol. The van der Waals surface area contributed by atoms with Crippen LogP contribution in [0, 0.1) is 17.2 Å². The highest BCUT2D eigenvalue weighted by Crippen LogP contribution is 2.22. The number of nitrogens with zero attached hydrogens (tertiary/aromatic N) is 1. The number of nitriles is 1. The summed E-state index contributed by atoms with van der Waals surface area (Å²) in [5.74, 6) is 0.216. The fourth-order valence-electron chi connectivity index (χ4n) is 1.59. The first-order chi connectivity index (χ1) is 7.33. The molecule has 1 aliphatic carbocycles. The Morgan fingerprint density at radius 2 is 1.27 bits per heavy atom. The topological polar surface area (TPSA) is 44.0 Å². The minimum absolute atomic E-state index is 0.130. The van der Waals surface area contributed by atoms with Gasteiger partial charge in [0.15, 0.2) is 0 Å². The van der Waals surface area contributed by atoms with E-state index in [9.17, 15) is 0 Å². The van der Waals surface area contributed by atoms with E-state index < -0.39 is 0 Å². The van der Waals surface area contributed by atoms with Gasteiger partial charge < -0.3 is 5.11 Å². The van der Waals surface area contributed by atoms with E-state index in [4.69, 9.17) is 10.4 Å². The first-order valence-electron chi connectivity index (χ1n) is 5.40. The molecule has 0 spiro atoms. The summed E-state index contributed by atoms with van der Waals surface area (Å²) in [4.78, 5) is 0. The number of hydrogen-bond donors (Lipinski definition) is 1. The summed E-state index contributed by atoms with van der Waals surface area (Å²) in [6.07, 6.45) is 3.28. The summed E-state index contributed by atoms with van der Waals surface area (Å²) in [7, 11) is 0. The van der Waals surface area contributed by atoms with Gasteiger partial charge >= 0.3 is 0 Å². The monoisotopic (exact) mass is 203 g/mol. The van der Waals surface area contributed by atoms with Crippen LogP contribution in [0.15, 0.2) is 36.4 Å². The second-order valence-electron chi connectivity index (χ2n) is 3.79. The van der Waals surface area contributed by atoms with Crippen LogP contribution in [0.1, 0.15) is 25.7 Å². The van der Waals surface area contributed by atoms with Crippen LogP contribution in [0.2, 0.25) is 0 Å². The van der Waals surface area contributed by atoms with Crippen LogP contribution in [0.4, 0.5) is 0 Å². The van der Waals surface area contributed by atoms with Crippen molar-refractivity contribution in [2.24, 2.45) is 5.92 Å². The van der Waals surface area contributed by atoms with E-state index in [-0.39, 0.29) is 12.0 Å². The minimum Gasteiger partial charge on any atom is -0.393 e. The van der Waals surface area contributed by atoms with Gasteiger partial charge in [-0.15, -0.1) is 0 Å². The Morgan fingerprint density at radius 3 is 1.60 bits per heavy atom.